The highest BCUT2D eigenvalue weighted by atomic mass is 14.9. The molecule has 0 aliphatic carbocycles. The summed E-state index contributed by atoms with van der Waals surface area (Å²) < 4.78 is 0. The number of rotatable bonds is 10. The maximum Gasteiger partial charge on any atom is 0.0384 e. The lowest BCUT2D eigenvalue weighted by atomic mass is 9.80. The fraction of sp³-hybridized carbons (Fsp3) is 0.357. The Balaban J connectivity index is 1.54. The Morgan fingerprint density at radius 3 is 1.79 bits per heavy atom. The van der Waals surface area contributed by atoms with E-state index in [9.17, 15) is 0 Å². The number of hydrogen-bond acceptors (Lipinski definition) is 1. The van der Waals surface area contributed by atoms with Crippen molar-refractivity contribution in [1.29, 1.82) is 0 Å². The second kappa shape index (κ2) is 10.3. The molecule has 1 N–H and O–H groups in total. The van der Waals surface area contributed by atoms with Gasteiger partial charge in [0, 0.05) is 11.4 Å². The average molecular weight is 386 g/mol. The van der Waals surface area contributed by atoms with Gasteiger partial charge in [0.05, 0.1) is 0 Å². The van der Waals surface area contributed by atoms with Crippen LogP contribution < -0.4 is 5.32 Å². The summed E-state index contributed by atoms with van der Waals surface area (Å²) in [5.74, 6) is 0. The fourth-order valence-electron chi connectivity index (χ4n) is 3.82. The summed E-state index contributed by atoms with van der Waals surface area (Å²) in [4.78, 5) is 0. The number of nitrogens with one attached hydrogen (secondary N) is 1. The number of benzene rings is 3. The van der Waals surface area contributed by atoms with Gasteiger partial charge < -0.3 is 5.32 Å². The van der Waals surface area contributed by atoms with Crippen molar-refractivity contribution in [2.45, 2.75) is 64.7 Å². The molecule has 0 unspecified atom stereocenters. The van der Waals surface area contributed by atoms with Gasteiger partial charge in [-0.1, -0.05) is 94.6 Å². The summed E-state index contributed by atoms with van der Waals surface area (Å²) >= 11 is 0. The number of hydrogen-bond donors (Lipinski definition) is 1. The Kier molecular flexibility index (Phi) is 7.52. The van der Waals surface area contributed by atoms with Gasteiger partial charge in [-0.15, -0.1) is 0 Å². The quantitative estimate of drug-likeness (QED) is 0.348. The van der Waals surface area contributed by atoms with Gasteiger partial charge in [-0.2, -0.15) is 0 Å². The largest absolute Gasteiger partial charge is 0.356 e. The van der Waals surface area contributed by atoms with Crippen LogP contribution in [0.3, 0.4) is 0 Å². The predicted molar refractivity (Wildman–Crippen MR) is 127 cm³/mol. The molecule has 0 spiro atoms. The van der Waals surface area contributed by atoms with Crippen molar-refractivity contribution < 1.29 is 0 Å². The van der Waals surface area contributed by atoms with Crippen LogP contribution in [-0.2, 0) is 18.3 Å². The zero-order valence-corrected chi connectivity index (χ0v) is 18.2. The van der Waals surface area contributed by atoms with Crippen molar-refractivity contribution in [1.82, 2.24) is 0 Å². The predicted octanol–water partition coefficient (Wildman–Crippen LogP) is 8.07. The van der Waals surface area contributed by atoms with Crippen molar-refractivity contribution in [3.63, 3.8) is 0 Å². The molecule has 3 rings (SSSR count). The van der Waals surface area contributed by atoms with Crippen molar-refractivity contribution in [2.24, 2.45) is 0 Å². The molecule has 0 aromatic heterocycles. The maximum atomic E-state index is 3.54. The Hall–Kier alpha value is -2.54. The normalized spacial score (nSPS) is 11.4. The number of aryl methyl sites for hydroxylation is 2. The topological polar surface area (TPSA) is 12.0 Å². The molecule has 0 amide bonds. The molecule has 0 saturated heterocycles. The third-order valence-corrected chi connectivity index (χ3v) is 5.86. The summed E-state index contributed by atoms with van der Waals surface area (Å²) in [5, 5.41) is 3.54. The number of anilines is 2. The zero-order valence-electron chi connectivity index (χ0n) is 18.2. The molecule has 0 bridgehead atoms. The molecule has 3 aromatic carbocycles. The molecule has 152 valence electrons. The molecule has 0 fully saturated rings. The first-order valence-electron chi connectivity index (χ1n) is 11.1. The van der Waals surface area contributed by atoms with Crippen LogP contribution in [-0.4, -0.2) is 0 Å². The fourth-order valence-corrected chi connectivity index (χ4v) is 3.82. The van der Waals surface area contributed by atoms with Gasteiger partial charge in [0.15, 0.2) is 0 Å². The standard InChI is InChI=1S/C28H35N/c1-4-5-9-22-28(2,3)25-16-20-27(21-17-25)29-26-18-14-24(15-19-26)13-12-23-10-7-6-8-11-23/h6-8,10-11,14-21,29H,4-5,9,12-13,22H2,1-3H3. The molecular weight excluding hydrogens is 350 g/mol. The first-order chi connectivity index (χ1) is 14.1. The van der Waals surface area contributed by atoms with Crippen LogP contribution in [0, 0.1) is 0 Å². The van der Waals surface area contributed by atoms with Crippen LogP contribution in [0.15, 0.2) is 78.9 Å². The van der Waals surface area contributed by atoms with E-state index in [0.717, 1.165) is 24.2 Å². The van der Waals surface area contributed by atoms with Gasteiger partial charge in [0.1, 0.15) is 0 Å². The Morgan fingerprint density at radius 1 is 0.655 bits per heavy atom. The highest BCUT2D eigenvalue weighted by Gasteiger charge is 2.19. The van der Waals surface area contributed by atoms with E-state index in [-0.39, 0.29) is 5.41 Å². The second-order valence-corrected chi connectivity index (χ2v) is 8.73. The molecule has 29 heavy (non-hydrogen) atoms. The van der Waals surface area contributed by atoms with Gasteiger partial charge in [-0.25, -0.2) is 0 Å². The molecule has 1 heteroatoms. The van der Waals surface area contributed by atoms with Gasteiger partial charge in [-0.05, 0) is 65.6 Å². The minimum Gasteiger partial charge on any atom is -0.356 e. The van der Waals surface area contributed by atoms with Crippen molar-refractivity contribution in [3.05, 3.63) is 95.6 Å². The minimum atomic E-state index is 0.244. The van der Waals surface area contributed by atoms with Crippen molar-refractivity contribution in [2.75, 3.05) is 5.32 Å². The van der Waals surface area contributed by atoms with E-state index >= 15 is 0 Å². The summed E-state index contributed by atoms with van der Waals surface area (Å²) in [6, 6.07) is 28.5. The Labute approximate surface area is 177 Å². The molecule has 1 nitrogen and oxygen atoms in total. The molecule has 0 aliphatic rings. The Morgan fingerprint density at radius 2 is 1.21 bits per heavy atom. The van der Waals surface area contributed by atoms with Crippen molar-refractivity contribution in [3.8, 4) is 0 Å². The Bertz CT molecular complexity index is 845. The number of unbranched alkanes of at least 4 members (excludes halogenated alkanes) is 2. The van der Waals surface area contributed by atoms with Gasteiger partial charge >= 0.3 is 0 Å². The lowest BCUT2D eigenvalue weighted by molar-refractivity contribution is 0.450. The van der Waals surface area contributed by atoms with Crippen LogP contribution in [0.25, 0.3) is 0 Å². The van der Waals surface area contributed by atoms with E-state index in [2.05, 4.69) is 105 Å². The van der Waals surface area contributed by atoms with Crippen LogP contribution >= 0.6 is 0 Å². The summed E-state index contributed by atoms with van der Waals surface area (Å²) in [6.07, 6.45) is 7.32. The zero-order chi connectivity index (χ0) is 20.5. The highest BCUT2D eigenvalue weighted by molar-refractivity contribution is 5.60. The monoisotopic (exact) mass is 385 g/mol. The lowest BCUT2D eigenvalue weighted by Gasteiger charge is -2.25. The lowest BCUT2D eigenvalue weighted by Crippen LogP contribution is -2.16. The van der Waals surface area contributed by atoms with Gasteiger partial charge in [0.2, 0.25) is 0 Å². The SMILES string of the molecule is CCCCCC(C)(C)c1ccc(Nc2ccc(CCc3ccccc3)cc2)cc1. The third-order valence-electron chi connectivity index (χ3n) is 5.86. The highest BCUT2D eigenvalue weighted by Crippen LogP contribution is 2.30. The molecule has 0 radical (unpaired) electrons. The molecular formula is C28H35N. The summed E-state index contributed by atoms with van der Waals surface area (Å²) in [5.41, 5.74) is 6.73. The molecule has 0 saturated carbocycles. The van der Waals surface area contributed by atoms with Gasteiger partial charge in [-0.3, -0.25) is 0 Å². The van der Waals surface area contributed by atoms with Gasteiger partial charge in [0.25, 0.3) is 0 Å². The summed E-state index contributed by atoms with van der Waals surface area (Å²) in [6.45, 7) is 6.99. The molecule has 3 aromatic rings. The first-order valence-corrected chi connectivity index (χ1v) is 11.1. The summed E-state index contributed by atoms with van der Waals surface area (Å²) in [7, 11) is 0. The van der Waals surface area contributed by atoms with E-state index in [1.165, 1.54) is 42.4 Å². The van der Waals surface area contributed by atoms with E-state index < -0.39 is 0 Å². The van der Waals surface area contributed by atoms with Crippen LogP contribution in [0.4, 0.5) is 11.4 Å². The van der Waals surface area contributed by atoms with E-state index in [1.54, 1.807) is 0 Å². The first kappa shape index (κ1) is 21.2. The third kappa shape index (κ3) is 6.49. The smallest absolute Gasteiger partial charge is 0.0384 e. The second-order valence-electron chi connectivity index (χ2n) is 8.73. The maximum absolute atomic E-state index is 3.54. The van der Waals surface area contributed by atoms with Crippen molar-refractivity contribution >= 4 is 11.4 Å². The molecule has 0 aliphatic heterocycles. The van der Waals surface area contributed by atoms with Crippen LogP contribution in [0.5, 0.6) is 0 Å². The van der Waals surface area contributed by atoms with Crippen LogP contribution in [0.2, 0.25) is 0 Å². The van der Waals surface area contributed by atoms with E-state index in [1.807, 2.05) is 0 Å². The average Bonchev–Trinajstić information content (AvgIpc) is 2.74. The van der Waals surface area contributed by atoms with E-state index in [0.29, 0.717) is 0 Å². The van der Waals surface area contributed by atoms with E-state index in [4.69, 9.17) is 0 Å². The molecule has 0 atom stereocenters. The van der Waals surface area contributed by atoms with Crippen LogP contribution in [0.1, 0.15) is 63.1 Å². The minimum absolute atomic E-state index is 0.244. The molecule has 0 heterocycles.